The van der Waals surface area contributed by atoms with E-state index in [2.05, 4.69) is 20.4 Å². The summed E-state index contributed by atoms with van der Waals surface area (Å²) < 4.78 is 14.5. The number of benzene rings is 1. The molecule has 0 radical (unpaired) electrons. The van der Waals surface area contributed by atoms with Crippen LogP contribution in [-0.4, -0.2) is 32.0 Å². The molecule has 23 heavy (non-hydrogen) atoms. The van der Waals surface area contributed by atoms with Crippen LogP contribution in [0.4, 0.5) is 4.39 Å². The molecule has 2 heterocycles. The third-order valence-corrected chi connectivity index (χ3v) is 3.54. The highest BCUT2D eigenvalue weighted by Gasteiger charge is 2.08. The van der Waals surface area contributed by atoms with Crippen molar-refractivity contribution in [2.45, 2.75) is 20.3 Å². The number of halogens is 1. The Hall–Kier alpha value is -2.83. The summed E-state index contributed by atoms with van der Waals surface area (Å²) in [6.45, 7) is 4.21. The van der Waals surface area contributed by atoms with Gasteiger partial charge in [0.15, 0.2) is 0 Å². The maximum Gasteiger partial charge on any atom is 0.251 e. The standard InChI is InChI=1S/C16H16FN5O/c1-10-11(2)21-22-9-14(20-16(22)19-10)7-8-18-15(23)12-3-5-13(17)6-4-12/h3-6,9H,7-8H2,1-2H3,(H,18,23). The van der Waals surface area contributed by atoms with Crippen LogP contribution in [0.2, 0.25) is 0 Å². The van der Waals surface area contributed by atoms with Gasteiger partial charge in [-0.05, 0) is 38.1 Å². The van der Waals surface area contributed by atoms with Gasteiger partial charge in [-0.2, -0.15) is 5.10 Å². The molecule has 0 aliphatic rings. The molecule has 2 aromatic heterocycles. The molecule has 1 amide bonds. The summed E-state index contributed by atoms with van der Waals surface area (Å²) in [5.41, 5.74) is 2.93. The second-order valence-electron chi connectivity index (χ2n) is 5.27. The Balaban J connectivity index is 1.62. The number of carbonyl (C=O) groups excluding carboxylic acids is 1. The minimum atomic E-state index is -0.364. The fraction of sp³-hybridized carbons (Fsp3) is 0.250. The third kappa shape index (κ3) is 3.33. The molecule has 0 spiro atoms. The van der Waals surface area contributed by atoms with Gasteiger partial charge in [-0.1, -0.05) is 0 Å². The van der Waals surface area contributed by atoms with E-state index in [0.29, 0.717) is 24.3 Å². The van der Waals surface area contributed by atoms with Crippen LogP contribution in [0.25, 0.3) is 5.78 Å². The second kappa shape index (κ2) is 6.12. The van der Waals surface area contributed by atoms with Crippen LogP contribution in [0.5, 0.6) is 0 Å². The first-order valence-electron chi connectivity index (χ1n) is 7.26. The summed E-state index contributed by atoms with van der Waals surface area (Å²) in [4.78, 5) is 20.7. The number of carbonyl (C=O) groups is 1. The van der Waals surface area contributed by atoms with Crippen LogP contribution in [0.3, 0.4) is 0 Å². The van der Waals surface area contributed by atoms with Crippen molar-refractivity contribution < 1.29 is 9.18 Å². The fourth-order valence-electron chi connectivity index (χ4n) is 2.15. The summed E-state index contributed by atoms with van der Waals surface area (Å²) in [5.74, 6) is -0.0542. The number of fused-ring (bicyclic) bond motifs is 1. The molecule has 0 saturated carbocycles. The lowest BCUT2D eigenvalue weighted by molar-refractivity contribution is 0.0954. The molecule has 0 atom stereocenters. The summed E-state index contributed by atoms with van der Waals surface area (Å²) in [7, 11) is 0. The Labute approximate surface area is 132 Å². The predicted octanol–water partition coefficient (Wildman–Crippen LogP) is 1.85. The van der Waals surface area contributed by atoms with E-state index in [1.54, 1.807) is 10.7 Å². The quantitative estimate of drug-likeness (QED) is 0.798. The summed E-state index contributed by atoms with van der Waals surface area (Å²) in [6, 6.07) is 5.43. The van der Waals surface area contributed by atoms with E-state index in [1.807, 2.05) is 13.8 Å². The highest BCUT2D eigenvalue weighted by Crippen LogP contribution is 2.06. The van der Waals surface area contributed by atoms with Crippen molar-refractivity contribution in [2.75, 3.05) is 6.54 Å². The van der Waals surface area contributed by atoms with Crippen LogP contribution >= 0.6 is 0 Å². The number of nitrogens with one attached hydrogen (secondary N) is 1. The molecule has 7 heteroatoms. The van der Waals surface area contributed by atoms with E-state index < -0.39 is 0 Å². The van der Waals surface area contributed by atoms with Gasteiger partial charge in [0.2, 0.25) is 0 Å². The highest BCUT2D eigenvalue weighted by atomic mass is 19.1. The van der Waals surface area contributed by atoms with Crippen molar-refractivity contribution in [3.8, 4) is 0 Å². The van der Waals surface area contributed by atoms with Crippen LogP contribution in [0.1, 0.15) is 27.4 Å². The van der Waals surface area contributed by atoms with Crippen molar-refractivity contribution in [1.29, 1.82) is 0 Å². The molecule has 0 aliphatic carbocycles. The number of aromatic nitrogens is 4. The first-order valence-corrected chi connectivity index (χ1v) is 7.26. The SMILES string of the molecule is Cc1nc2nc(CCNC(=O)c3ccc(F)cc3)cn2nc1C. The zero-order valence-electron chi connectivity index (χ0n) is 12.9. The van der Waals surface area contributed by atoms with E-state index in [-0.39, 0.29) is 11.7 Å². The van der Waals surface area contributed by atoms with Crippen LogP contribution < -0.4 is 5.32 Å². The molecule has 1 aromatic carbocycles. The second-order valence-corrected chi connectivity index (χ2v) is 5.27. The fourth-order valence-corrected chi connectivity index (χ4v) is 2.15. The number of hydrogen-bond acceptors (Lipinski definition) is 4. The molecular weight excluding hydrogens is 297 g/mol. The molecule has 0 aliphatic heterocycles. The van der Waals surface area contributed by atoms with E-state index >= 15 is 0 Å². The summed E-state index contributed by atoms with van der Waals surface area (Å²) in [5, 5.41) is 7.15. The molecule has 3 rings (SSSR count). The van der Waals surface area contributed by atoms with Gasteiger partial charge in [0.05, 0.1) is 23.3 Å². The zero-order chi connectivity index (χ0) is 16.4. The molecule has 3 aromatic rings. The lowest BCUT2D eigenvalue weighted by Crippen LogP contribution is -2.25. The maximum atomic E-state index is 12.8. The number of hydrogen-bond donors (Lipinski definition) is 1. The molecule has 0 fully saturated rings. The van der Waals surface area contributed by atoms with Crippen molar-refractivity contribution in [3.05, 3.63) is 58.9 Å². The van der Waals surface area contributed by atoms with Crippen molar-refractivity contribution >= 4 is 11.7 Å². The Morgan fingerprint density at radius 3 is 2.65 bits per heavy atom. The minimum absolute atomic E-state index is 0.239. The van der Waals surface area contributed by atoms with Gasteiger partial charge in [-0.25, -0.2) is 18.9 Å². The lowest BCUT2D eigenvalue weighted by atomic mass is 10.2. The first-order chi connectivity index (χ1) is 11.0. The monoisotopic (exact) mass is 313 g/mol. The van der Waals surface area contributed by atoms with Crippen LogP contribution in [-0.2, 0) is 6.42 Å². The van der Waals surface area contributed by atoms with Gasteiger partial charge < -0.3 is 5.32 Å². The normalized spacial score (nSPS) is 10.9. The van der Waals surface area contributed by atoms with Crippen molar-refractivity contribution in [1.82, 2.24) is 24.9 Å². The summed E-state index contributed by atoms with van der Waals surface area (Å²) in [6.07, 6.45) is 2.37. The maximum absolute atomic E-state index is 12.8. The lowest BCUT2D eigenvalue weighted by Gasteiger charge is -2.03. The topological polar surface area (TPSA) is 72.2 Å². The Morgan fingerprint density at radius 2 is 1.91 bits per heavy atom. The van der Waals surface area contributed by atoms with Gasteiger partial charge in [-0.3, -0.25) is 4.79 Å². The highest BCUT2D eigenvalue weighted by molar-refractivity contribution is 5.94. The van der Waals surface area contributed by atoms with Gasteiger partial charge >= 0.3 is 0 Å². The first kappa shape index (κ1) is 15.1. The predicted molar refractivity (Wildman–Crippen MR) is 82.7 cm³/mol. The van der Waals surface area contributed by atoms with Gasteiger partial charge in [0.25, 0.3) is 11.7 Å². The number of aryl methyl sites for hydroxylation is 2. The van der Waals surface area contributed by atoms with E-state index in [4.69, 9.17) is 0 Å². The number of imidazole rings is 1. The smallest absolute Gasteiger partial charge is 0.251 e. The molecule has 118 valence electrons. The zero-order valence-corrected chi connectivity index (χ0v) is 12.9. The number of nitrogens with zero attached hydrogens (tertiary/aromatic N) is 4. The molecule has 6 nitrogen and oxygen atoms in total. The molecule has 1 N–H and O–H groups in total. The molecule has 0 unspecified atom stereocenters. The average Bonchev–Trinajstić information content (AvgIpc) is 2.90. The largest absolute Gasteiger partial charge is 0.352 e. The van der Waals surface area contributed by atoms with Crippen molar-refractivity contribution in [2.24, 2.45) is 0 Å². The minimum Gasteiger partial charge on any atom is -0.352 e. The number of amides is 1. The molecular formula is C16H16FN5O. The Morgan fingerprint density at radius 1 is 1.17 bits per heavy atom. The van der Waals surface area contributed by atoms with Crippen LogP contribution in [0.15, 0.2) is 30.5 Å². The Kier molecular flexibility index (Phi) is 4.01. The van der Waals surface area contributed by atoms with Crippen LogP contribution in [0, 0.1) is 19.7 Å². The van der Waals surface area contributed by atoms with E-state index in [1.165, 1.54) is 24.3 Å². The number of rotatable bonds is 4. The molecule has 0 bridgehead atoms. The molecule has 0 saturated heterocycles. The van der Waals surface area contributed by atoms with E-state index in [9.17, 15) is 9.18 Å². The summed E-state index contributed by atoms with van der Waals surface area (Å²) >= 11 is 0. The average molecular weight is 313 g/mol. The van der Waals surface area contributed by atoms with Gasteiger partial charge in [-0.15, -0.1) is 0 Å². The van der Waals surface area contributed by atoms with E-state index in [0.717, 1.165) is 17.1 Å². The third-order valence-electron chi connectivity index (χ3n) is 3.54. The van der Waals surface area contributed by atoms with Gasteiger partial charge in [0, 0.05) is 18.5 Å². The van der Waals surface area contributed by atoms with Crippen molar-refractivity contribution in [3.63, 3.8) is 0 Å². The Bertz CT molecular complexity index is 818. The van der Waals surface area contributed by atoms with Gasteiger partial charge in [0.1, 0.15) is 5.82 Å².